The van der Waals surface area contributed by atoms with E-state index < -0.39 is 0 Å². The average Bonchev–Trinajstić information content (AvgIpc) is 3.18. The Bertz CT molecular complexity index is 476. The number of benzene rings is 1. The van der Waals surface area contributed by atoms with E-state index in [-0.39, 0.29) is 11.8 Å². The lowest BCUT2D eigenvalue weighted by Gasteiger charge is -2.32. The van der Waals surface area contributed by atoms with Crippen molar-refractivity contribution >= 4 is 6.21 Å². The van der Waals surface area contributed by atoms with Crippen LogP contribution in [0.4, 0.5) is 0 Å². The highest BCUT2D eigenvalue weighted by Crippen LogP contribution is 2.51. The molecule has 2 nitrogen and oxygen atoms in total. The van der Waals surface area contributed by atoms with Crippen LogP contribution < -0.4 is 5.73 Å². The summed E-state index contributed by atoms with van der Waals surface area (Å²) in [7, 11) is 0. The molecule has 1 saturated carbocycles. The smallest absolute Gasteiger partial charge is 0.119 e. The van der Waals surface area contributed by atoms with Gasteiger partial charge in [-0.05, 0) is 36.8 Å². The first-order valence-electron chi connectivity index (χ1n) is 6.31. The number of rotatable bonds is 2. The van der Waals surface area contributed by atoms with Crippen LogP contribution in [0.3, 0.4) is 0 Å². The maximum absolute atomic E-state index is 8.33. The molecule has 2 heteroatoms. The fraction of sp³-hybridized carbons (Fsp3) is 0.357. The van der Waals surface area contributed by atoms with Gasteiger partial charge in [0, 0.05) is 13.0 Å². The van der Waals surface area contributed by atoms with Gasteiger partial charge in [-0.25, -0.2) is 4.99 Å². The summed E-state index contributed by atoms with van der Waals surface area (Å²) in [5.74, 6) is 1.09. The van der Waals surface area contributed by atoms with Crippen LogP contribution in [-0.2, 0) is 5.41 Å². The van der Waals surface area contributed by atoms with Crippen molar-refractivity contribution in [2.75, 3.05) is 0 Å². The van der Waals surface area contributed by atoms with Gasteiger partial charge in [0.15, 0.2) is 0 Å². The summed E-state index contributed by atoms with van der Waals surface area (Å²) in [6.07, 6.45) is 5.71. The first-order valence-corrected chi connectivity index (χ1v) is 5.74. The number of hydrogen-bond donors (Lipinski definition) is 1. The molecule has 3 rings (SSSR count). The average molecular weight is 213 g/mol. The lowest BCUT2D eigenvalue weighted by Crippen LogP contribution is -2.30. The van der Waals surface area contributed by atoms with Crippen LogP contribution in [0.25, 0.3) is 0 Å². The summed E-state index contributed by atoms with van der Waals surface area (Å²) in [5.41, 5.74) is 6.79. The van der Waals surface area contributed by atoms with E-state index in [0.29, 0.717) is 11.7 Å². The van der Waals surface area contributed by atoms with E-state index in [0.717, 1.165) is 0 Å². The zero-order chi connectivity index (χ0) is 11.9. The monoisotopic (exact) mass is 213 g/mol. The first kappa shape index (κ1) is 8.57. The predicted molar refractivity (Wildman–Crippen MR) is 66.2 cm³/mol. The third kappa shape index (κ3) is 1.45. The normalized spacial score (nSPS) is 34.4. The molecule has 1 fully saturated rings. The summed E-state index contributed by atoms with van der Waals surface area (Å²) in [6, 6.07) is 10.3. The summed E-state index contributed by atoms with van der Waals surface area (Å²) < 4.78 is 8.33. The Hall–Kier alpha value is -1.57. The van der Waals surface area contributed by atoms with E-state index in [2.05, 4.69) is 17.1 Å². The summed E-state index contributed by atoms with van der Waals surface area (Å²) in [6.45, 7) is 0. The molecule has 1 aliphatic heterocycles. The largest absolute Gasteiger partial charge is 0.384 e. The second kappa shape index (κ2) is 3.48. The van der Waals surface area contributed by atoms with Gasteiger partial charge in [0.25, 0.3) is 0 Å². The maximum atomic E-state index is 8.33. The molecule has 2 N–H and O–H groups in total. The number of allylic oxidation sites excluding steroid dienone is 1. The molecule has 1 aliphatic carbocycles. The molecular weight excluding hydrogens is 196 g/mol. The van der Waals surface area contributed by atoms with E-state index >= 15 is 0 Å². The van der Waals surface area contributed by atoms with E-state index in [1.807, 2.05) is 24.3 Å². The minimum absolute atomic E-state index is 0.257. The van der Waals surface area contributed by atoms with Crippen molar-refractivity contribution in [3.63, 3.8) is 0 Å². The van der Waals surface area contributed by atoms with Crippen LogP contribution in [-0.4, -0.2) is 6.21 Å². The lowest BCUT2D eigenvalue weighted by atomic mass is 9.72. The van der Waals surface area contributed by atoms with E-state index in [9.17, 15) is 0 Å². The number of nitrogens with zero attached hydrogens (tertiary/aromatic N) is 1. The quantitative estimate of drug-likeness (QED) is 0.805. The molecule has 1 aromatic rings. The molecule has 82 valence electrons. The number of aliphatic imine (C=N–C) groups is 1. The molecule has 16 heavy (non-hydrogen) atoms. The minimum atomic E-state index is -0.329. The van der Waals surface area contributed by atoms with E-state index in [1.54, 1.807) is 6.21 Å². The van der Waals surface area contributed by atoms with Crippen LogP contribution in [0.5, 0.6) is 0 Å². The summed E-state index contributed by atoms with van der Waals surface area (Å²) in [5, 5.41) is 0. The fourth-order valence-electron chi connectivity index (χ4n) is 2.53. The van der Waals surface area contributed by atoms with Crippen LogP contribution >= 0.6 is 0 Å². The Balaban J connectivity index is 2.13. The second-order valence-corrected chi connectivity index (χ2v) is 4.59. The van der Waals surface area contributed by atoms with Gasteiger partial charge in [-0.1, -0.05) is 30.3 Å². The second-order valence-electron chi connectivity index (χ2n) is 4.59. The van der Waals surface area contributed by atoms with Crippen molar-refractivity contribution in [1.82, 2.24) is 0 Å². The standard InChI is InChI=1S/C14H16N2/c15-13-10-14(8-9-16-13,12-6-7-12)11-4-2-1-3-5-11/h1-5,9-10,12H,6-8,15H2/i8D. The third-order valence-corrected chi connectivity index (χ3v) is 3.49. The molecule has 1 aromatic carbocycles. The Morgan fingerprint density at radius 1 is 1.31 bits per heavy atom. The molecule has 1 heterocycles. The molecule has 2 aliphatic rings. The van der Waals surface area contributed by atoms with Gasteiger partial charge in [0.05, 0.1) is 0 Å². The molecule has 0 amide bonds. The minimum Gasteiger partial charge on any atom is -0.384 e. The van der Waals surface area contributed by atoms with Crippen molar-refractivity contribution in [1.29, 1.82) is 0 Å². The van der Waals surface area contributed by atoms with Gasteiger partial charge in [-0.2, -0.15) is 0 Å². The zero-order valence-corrected chi connectivity index (χ0v) is 9.13. The molecule has 0 bridgehead atoms. The van der Waals surface area contributed by atoms with Crippen LogP contribution in [0.2, 0.25) is 0 Å². The fourth-order valence-corrected chi connectivity index (χ4v) is 2.53. The van der Waals surface area contributed by atoms with Gasteiger partial charge in [-0.15, -0.1) is 0 Å². The summed E-state index contributed by atoms with van der Waals surface area (Å²) in [4.78, 5) is 4.07. The highest BCUT2D eigenvalue weighted by atomic mass is 14.9. The Morgan fingerprint density at radius 2 is 2.06 bits per heavy atom. The molecular formula is C14H16N2. The predicted octanol–water partition coefficient (Wildman–Crippen LogP) is 2.61. The van der Waals surface area contributed by atoms with Crippen molar-refractivity contribution in [2.45, 2.75) is 24.7 Å². The molecule has 0 spiro atoms. The van der Waals surface area contributed by atoms with Crippen molar-refractivity contribution in [2.24, 2.45) is 16.6 Å². The lowest BCUT2D eigenvalue weighted by molar-refractivity contribution is 0.477. The highest BCUT2D eigenvalue weighted by molar-refractivity contribution is 5.65. The van der Waals surface area contributed by atoms with E-state index in [1.165, 1.54) is 18.4 Å². The SMILES string of the molecule is [2H]C1C=NC(N)=CC1(c1ccccc1)C1CC1. The van der Waals surface area contributed by atoms with Gasteiger partial charge < -0.3 is 5.73 Å². The van der Waals surface area contributed by atoms with Crippen LogP contribution in [0, 0.1) is 5.92 Å². The first-order chi connectivity index (χ1) is 8.23. The van der Waals surface area contributed by atoms with Gasteiger partial charge in [-0.3, -0.25) is 0 Å². The highest BCUT2D eigenvalue weighted by Gasteiger charge is 2.45. The van der Waals surface area contributed by atoms with Gasteiger partial charge in [0.2, 0.25) is 0 Å². The molecule has 0 radical (unpaired) electrons. The number of hydrogen-bond acceptors (Lipinski definition) is 2. The Labute approximate surface area is 97.3 Å². The molecule has 0 saturated heterocycles. The number of nitrogens with two attached hydrogens (primary N) is 1. The Morgan fingerprint density at radius 3 is 2.75 bits per heavy atom. The van der Waals surface area contributed by atoms with Crippen LogP contribution in [0.1, 0.15) is 26.2 Å². The van der Waals surface area contributed by atoms with Crippen molar-refractivity contribution in [3.8, 4) is 0 Å². The van der Waals surface area contributed by atoms with Gasteiger partial charge >= 0.3 is 0 Å². The molecule has 2 atom stereocenters. The van der Waals surface area contributed by atoms with E-state index in [4.69, 9.17) is 7.10 Å². The molecule has 2 unspecified atom stereocenters. The summed E-state index contributed by atoms with van der Waals surface area (Å²) >= 11 is 0. The van der Waals surface area contributed by atoms with Gasteiger partial charge in [0.1, 0.15) is 5.82 Å². The third-order valence-electron chi connectivity index (χ3n) is 3.49. The maximum Gasteiger partial charge on any atom is 0.119 e. The zero-order valence-electron chi connectivity index (χ0n) is 10.1. The molecule has 0 aromatic heterocycles. The van der Waals surface area contributed by atoms with Crippen molar-refractivity contribution < 1.29 is 1.37 Å². The topological polar surface area (TPSA) is 38.4 Å². The van der Waals surface area contributed by atoms with Crippen molar-refractivity contribution in [3.05, 3.63) is 47.8 Å². The van der Waals surface area contributed by atoms with Crippen LogP contribution in [0.15, 0.2) is 47.2 Å². The Kier molecular flexibility index (Phi) is 1.86.